The highest BCUT2D eigenvalue weighted by Gasteiger charge is 2.13. The summed E-state index contributed by atoms with van der Waals surface area (Å²) in [6.45, 7) is 0.0157. The van der Waals surface area contributed by atoms with Crippen molar-refractivity contribution < 1.29 is 4.79 Å². The molecule has 0 saturated carbocycles. The van der Waals surface area contributed by atoms with Gasteiger partial charge in [-0.1, -0.05) is 0 Å². The number of halogens is 2. The fourth-order valence-electron chi connectivity index (χ4n) is 1.26. The lowest BCUT2D eigenvalue weighted by Crippen LogP contribution is -2.25. The summed E-state index contributed by atoms with van der Waals surface area (Å²) in [6, 6.07) is 1.81. The van der Waals surface area contributed by atoms with Gasteiger partial charge in [0.25, 0.3) is 5.56 Å². The van der Waals surface area contributed by atoms with E-state index in [1.54, 1.807) is 0 Å². The minimum Gasteiger partial charge on any atom is -0.291 e. The molecule has 2 aromatic rings. The maximum atomic E-state index is 12.0. The van der Waals surface area contributed by atoms with E-state index in [9.17, 15) is 9.59 Å². The Bertz CT molecular complexity index is 623. The number of hydrogen-bond acceptors (Lipinski definition) is 4. The number of ketones is 1. The van der Waals surface area contributed by atoms with Gasteiger partial charge in [0.2, 0.25) is 0 Å². The first-order valence-corrected chi connectivity index (χ1v) is 7.31. The number of aromatic nitrogens is 2. The number of hydrogen-bond donors (Lipinski definition) is 0. The van der Waals surface area contributed by atoms with Crippen molar-refractivity contribution in [2.24, 2.45) is 0 Å². The second-order valence-corrected chi connectivity index (χ2v) is 6.13. The monoisotopic (exact) mass is 424 g/mol. The van der Waals surface area contributed by atoms with Gasteiger partial charge in [-0.2, -0.15) is 0 Å². The molecule has 0 amide bonds. The number of Topliss-reactive ketones (excluding diaryl/α,β-unsaturated/α-hetero) is 1. The molecule has 0 bridgehead atoms. The van der Waals surface area contributed by atoms with Gasteiger partial charge >= 0.3 is 0 Å². The Morgan fingerprint density at radius 1 is 1.59 bits per heavy atom. The molecule has 0 aliphatic heterocycles. The largest absolute Gasteiger partial charge is 0.291 e. The van der Waals surface area contributed by atoms with Crippen LogP contribution in [0.25, 0.3) is 0 Å². The normalized spacial score (nSPS) is 10.5. The fraction of sp³-hybridized carbons (Fsp3) is 0.100. The number of rotatable bonds is 3. The van der Waals surface area contributed by atoms with Crippen LogP contribution in [0.1, 0.15) is 9.67 Å². The first-order chi connectivity index (χ1) is 8.09. The van der Waals surface area contributed by atoms with Gasteiger partial charge in [0.05, 0.1) is 21.3 Å². The molecule has 0 unspecified atom stereocenters. The molecule has 0 aliphatic rings. The summed E-state index contributed by atoms with van der Waals surface area (Å²) in [4.78, 5) is 28.2. The fourth-order valence-corrected chi connectivity index (χ4v) is 3.25. The third-order valence-electron chi connectivity index (χ3n) is 2.04. The Balaban J connectivity index is 2.28. The van der Waals surface area contributed by atoms with Gasteiger partial charge in [-0.25, -0.2) is 4.98 Å². The predicted octanol–water partition coefficient (Wildman–Crippen LogP) is 2.55. The number of nitrogens with zero attached hydrogens (tertiary/aromatic N) is 2. The van der Waals surface area contributed by atoms with Crippen LogP contribution in [0.4, 0.5) is 0 Å². The lowest BCUT2D eigenvalue weighted by molar-refractivity contribution is 0.0973. The molecule has 0 aromatic carbocycles. The van der Waals surface area contributed by atoms with E-state index in [1.165, 1.54) is 28.4 Å². The van der Waals surface area contributed by atoms with Crippen LogP contribution in [0, 0.1) is 3.57 Å². The molecule has 4 nitrogen and oxygen atoms in total. The summed E-state index contributed by atoms with van der Waals surface area (Å²) in [5.74, 6) is -0.0993. The lowest BCUT2D eigenvalue weighted by Gasteiger charge is -2.03. The Kier molecular flexibility index (Phi) is 4.10. The number of carbonyl (C=O) groups is 1. The number of thiophene rings is 1. The second-order valence-electron chi connectivity index (χ2n) is 3.20. The van der Waals surface area contributed by atoms with E-state index in [1.807, 2.05) is 34.0 Å². The van der Waals surface area contributed by atoms with Gasteiger partial charge in [-0.3, -0.25) is 14.2 Å². The maximum absolute atomic E-state index is 12.0. The molecule has 0 aliphatic carbocycles. The zero-order chi connectivity index (χ0) is 12.4. The van der Waals surface area contributed by atoms with Gasteiger partial charge in [-0.15, -0.1) is 11.3 Å². The minimum absolute atomic E-state index is 0.0157. The van der Waals surface area contributed by atoms with Gasteiger partial charge in [0, 0.05) is 10.7 Å². The highest BCUT2D eigenvalue weighted by atomic mass is 127. The summed E-state index contributed by atoms with van der Waals surface area (Å²) < 4.78 is 2.58. The van der Waals surface area contributed by atoms with E-state index < -0.39 is 0 Å². The Labute approximate surface area is 123 Å². The average Bonchev–Trinajstić information content (AvgIpc) is 2.71. The van der Waals surface area contributed by atoms with E-state index in [0.29, 0.717) is 8.45 Å². The minimum atomic E-state index is -0.193. The Morgan fingerprint density at radius 3 is 3.00 bits per heavy atom. The van der Waals surface area contributed by atoms with Crippen molar-refractivity contribution in [1.82, 2.24) is 9.55 Å². The molecule has 2 aromatic heterocycles. The van der Waals surface area contributed by atoms with Crippen molar-refractivity contribution in [2.45, 2.75) is 6.54 Å². The molecule has 2 heterocycles. The summed E-state index contributed by atoms with van der Waals surface area (Å²) >= 11 is 6.55. The van der Waals surface area contributed by atoms with Crippen LogP contribution in [-0.4, -0.2) is 15.3 Å². The van der Waals surface area contributed by atoms with Crippen molar-refractivity contribution in [3.63, 3.8) is 0 Å². The molecule has 0 spiro atoms. The van der Waals surface area contributed by atoms with Crippen molar-refractivity contribution in [2.75, 3.05) is 0 Å². The summed E-state index contributed by atoms with van der Waals surface area (Å²) in [6.07, 6.45) is 2.86. The molecule has 0 atom stereocenters. The zero-order valence-electron chi connectivity index (χ0n) is 8.39. The van der Waals surface area contributed by atoms with E-state index in [2.05, 4.69) is 20.9 Å². The molecule has 2 rings (SSSR count). The molecular formula is C10H6BrIN2O2S. The highest BCUT2D eigenvalue weighted by Crippen LogP contribution is 2.23. The molecule has 17 heavy (non-hydrogen) atoms. The van der Waals surface area contributed by atoms with Gasteiger partial charge in [0.15, 0.2) is 5.78 Å². The molecule has 0 N–H and O–H groups in total. The number of carbonyl (C=O) groups excluding carboxylic acids is 1. The maximum Gasteiger partial charge on any atom is 0.267 e. The lowest BCUT2D eigenvalue weighted by atomic mass is 10.3. The summed E-state index contributed by atoms with van der Waals surface area (Å²) in [7, 11) is 0. The zero-order valence-corrected chi connectivity index (χ0v) is 13.0. The molecule has 0 radical (unpaired) electrons. The van der Waals surface area contributed by atoms with E-state index >= 15 is 0 Å². The molecule has 7 heteroatoms. The van der Waals surface area contributed by atoms with Crippen molar-refractivity contribution in [1.29, 1.82) is 0 Å². The summed E-state index contributed by atoms with van der Waals surface area (Å²) in [5, 5.41) is 1.83. The van der Waals surface area contributed by atoms with Crippen LogP contribution in [-0.2, 0) is 6.54 Å². The van der Waals surface area contributed by atoms with Crippen LogP contribution in [0.15, 0.2) is 33.2 Å². The topological polar surface area (TPSA) is 52.0 Å². The smallest absolute Gasteiger partial charge is 0.267 e. The van der Waals surface area contributed by atoms with Crippen LogP contribution in [0.2, 0.25) is 0 Å². The van der Waals surface area contributed by atoms with E-state index in [4.69, 9.17) is 0 Å². The van der Waals surface area contributed by atoms with Crippen LogP contribution < -0.4 is 5.56 Å². The first-order valence-electron chi connectivity index (χ1n) is 4.55. The summed E-state index contributed by atoms with van der Waals surface area (Å²) in [5.41, 5.74) is -0.193. The van der Waals surface area contributed by atoms with Crippen LogP contribution in [0.3, 0.4) is 0 Å². The molecular weight excluding hydrogens is 419 g/mol. The third-order valence-corrected chi connectivity index (χ3v) is 4.66. The average molecular weight is 425 g/mol. The predicted molar refractivity (Wildman–Crippen MR) is 77.6 cm³/mol. The van der Waals surface area contributed by atoms with Crippen LogP contribution >= 0.6 is 49.9 Å². The SMILES string of the molecule is O=C(Cn1cncc(I)c1=O)c1sccc1Br. The van der Waals surface area contributed by atoms with Gasteiger partial charge in [0.1, 0.15) is 0 Å². The molecule has 0 saturated heterocycles. The standard InChI is InChI=1S/C10H6BrIN2O2S/c11-6-1-2-17-9(6)8(15)4-14-5-13-3-7(12)10(14)16/h1-3,5H,4H2. The first kappa shape index (κ1) is 12.9. The second kappa shape index (κ2) is 5.40. The van der Waals surface area contributed by atoms with Gasteiger partial charge in [-0.05, 0) is 50.0 Å². The quantitative estimate of drug-likeness (QED) is 0.562. The van der Waals surface area contributed by atoms with Crippen molar-refractivity contribution >= 4 is 55.6 Å². The molecule has 0 fully saturated rings. The van der Waals surface area contributed by atoms with Gasteiger partial charge < -0.3 is 0 Å². The third kappa shape index (κ3) is 2.83. The van der Waals surface area contributed by atoms with Crippen molar-refractivity contribution in [3.8, 4) is 0 Å². The van der Waals surface area contributed by atoms with E-state index in [0.717, 1.165) is 4.47 Å². The molecule has 88 valence electrons. The highest BCUT2D eigenvalue weighted by molar-refractivity contribution is 14.1. The Morgan fingerprint density at radius 2 is 2.35 bits per heavy atom. The van der Waals surface area contributed by atoms with Crippen molar-refractivity contribution in [3.05, 3.63) is 47.2 Å². The van der Waals surface area contributed by atoms with Crippen LogP contribution in [0.5, 0.6) is 0 Å². The van der Waals surface area contributed by atoms with E-state index in [-0.39, 0.29) is 17.9 Å². The Hall–Kier alpha value is -0.540.